The van der Waals surface area contributed by atoms with E-state index in [4.69, 9.17) is 16.7 Å². The van der Waals surface area contributed by atoms with E-state index < -0.39 is 5.97 Å². The zero-order valence-electron chi connectivity index (χ0n) is 7.96. The van der Waals surface area contributed by atoms with Gasteiger partial charge in [0.15, 0.2) is 11.0 Å². The molecule has 0 amide bonds. The topological polar surface area (TPSA) is 87.8 Å². The van der Waals surface area contributed by atoms with Crippen molar-refractivity contribution in [3.63, 3.8) is 0 Å². The minimum Gasteiger partial charge on any atom is -0.481 e. The zero-order chi connectivity index (χ0) is 11.3. The zero-order valence-corrected chi connectivity index (χ0v) is 8.72. The normalized spacial score (nSPS) is 12.9. The van der Waals surface area contributed by atoms with Crippen molar-refractivity contribution in [3.05, 3.63) is 17.3 Å². The number of carbonyl (C=O) groups is 1. The molecule has 0 fully saturated rings. The van der Waals surface area contributed by atoms with Crippen molar-refractivity contribution >= 4 is 23.4 Å². The summed E-state index contributed by atoms with van der Waals surface area (Å²) in [6.07, 6.45) is -0.0650. The molecule has 0 saturated heterocycles. The maximum Gasteiger partial charge on any atom is 0.305 e. The van der Waals surface area contributed by atoms with E-state index in [2.05, 4.69) is 20.4 Å². The minimum absolute atomic E-state index is 0.0650. The highest BCUT2D eigenvalue weighted by atomic mass is 35.5. The van der Waals surface area contributed by atoms with E-state index >= 15 is 0 Å². The summed E-state index contributed by atoms with van der Waals surface area (Å²) in [5.41, 5.74) is 0. The summed E-state index contributed by atoms with van der Waals surface area (Å²) in [6.45, 7) is 1.65. The van der Waals surface area contributed by atoms with Gasteiger partial charge in [0.25, 0.3) is 0 Å². The average Bonchev–Trinajstić information content (AvgIpc) is 2.16. The summed E-state index contributed by atoms with van der Waals surface area (Å²) in [4.78, 5) is 10.3. The molecule has 1 aromatic rings. The third-order valence-electron chi connectivity index (χ3n) is 1.45. The monoisotopic (exact) mass is 228 g/mol. The molecule has 0 aliphatic carbocycles. The Balaban J connectivity index is 2.57. The fourth-order valence-corrected chi connectivity index (χ4v) is 0.914. The van der Waals surface area contributed by atoms with Crippen LogP contribution < -0.4 is 0 Å². The highest BCUT2D eigenvalue weighted by Crippen LogP contribution is 2.11. The van der Waals surface area contributed by atoms with E-state index in [-0.39, 0.29) is 17.6 Å². The van der Waals surface area contributed by atoms with Crippen LogP contribution in [0, 0.1) is 0 Å². The predicted octanol–water partition coefficient (Wildman–Crippen LogP) is 2.08. The highest BCUT2D eigenvalue weighted by molar-refractivity contribution is 6.29. The molecule has 0 aromatic carbocycles. The van der Waals surface area contributed by atoms with Crippen LogP contribution in [0.15, 0.2) is 22.4 Å². The Labute approximate surface area is 91.0 Å². The van der Waals surface area contributed by atoms with Gasteiger partial charge in [0.1, 0.15) is 0 Å². The van der Waals surface area contributed by atoms with Gasteiger partial charge < -0.3 is 5.11 Å². The third-order valence-corrected chi connectivity index (χ3v) is 1.65. The van der Waals surface area contributed by atoms with Gasteiger partial charge in [0.05, 0.1) is 12.5 Å². The standard InChI is InChI=1S/C8H9ClN4O2/c1-5(4-8(14)15)10-12-7-3-2-6(9)11-13-7/h2-3,5H,4H2,1H3,(H,14,15). The van der Waals surface area contributed by atoms with E-state index in [1.807, 2.05) is 0 Å². The number of hydrogen-bond acceptors (Lipinski definition) is 5. The quantitative estimate of drug-likeness (QED) is 0.799. The Morgan fingerprint density at radius 3 is 2.87 bits per heavy atom. The number of halogens is 1. The minimum atomic E-state index is -0.913. The Morgan fingerprint density at radius 2 is 2.33 bits per heavy atom. The molecule has 1 unspecified atom stereocenters. The van der Waals surface area contributed by atoms with E-state index in [1.165, 1.54) is 6.07 Å². The Hall–Kier alpha value is -1.56. The molecule has 6 nitrogen and oxygen atoms in total. The molecule has 0 spiro atoms. The third kappa shape index (κ3) is 4.46. The second-order valence-corrected chi connectivity index (χ2v) is 3.26. The lowest BCUT2D eigenvalue weighted by atomic mass is 10.3. The van der Waals surface area contributed by atoms with E-state index in [1.54, 1.807) is 13.0 Å². The molecule has 0 aliphatic heterocycles. The van der Waals surface area contributed by atoms with E-state index in [0.29, 0.717) is 5.82 Å². The Bertz CT molecular complexity index is 365. The van der Waals surface area contributed by atoms with E-state index in [0.717, 1.165) is 0 Å². The van der Waals surface area contributed by atoms with Gasteiger partial charge in [-0.2, -0.15) is 5.11 Å². The average molecular weight is 229 g/mol. The second-order valence-electron chi connectivity index (χ2n) is 2.88. The first-order chi connectivity index (χ1) is 7.08. The molecule has 0 saturated carbocycles. The molecular weight excluding hydrogens is 220 g/mol. The smallest absolute Gasteiger partial charge is 0.305 e. The van der Waals surface area contributed by atoms with Gasteiger partial charge >= 0.3 is 5.97 Å². The highest BCUT2D eigenvalue weighted by Gasteiger charge is 2.05. The lowest BCUT2D eigenvalue weighted by Crippen LogP contribution is -2.05. The summed E-state index contributed by atoms with van der Waals surface area (Å²) < 4.78 is 0. The summed E-state index contributed by atoms with van der Waals surface area (Å²) >= 11 is 5.52. The Kier molecular flexibility index (Phi) is 4.11. The van der Waals surface area contributed by atoms with Crippen molar-refractivity contribution < 1.29 is 9.90 Å². The summed E-state index contributed by atoms with van der Waals surface area (Å²) in [6, 6.07) is 2.69. The summed E-state index contributed by atoms with van der Waals surface area (Å²) in [7, 11) is 0. The number of rotatable bonds is 4. The number of aliphatic carboxylic acids is 1. The number of carboxylic acids is 1. The van der Waals surface area contributed by atoms with Crippen molar-refractivity contribution in [2.24, 2.45) is 10.2 Å². The molecule has 0 bridgehead atoms. The molecule has 1 N–H and O–H groups in total. The second kappa shape index (κ2) is 5.35. The van der Waals surface area contributed by atoms with Gasteiger partial charge in [-0.3, -0.25) is 4.79 Å². The molecule has 1 aromatic heterocycles. The van der Waals surface area contributed by atoms with Crippen LogP contribution in [-0.2, 0) is 4.79 Å². The largest absolute Gasteiger partial charge is 0.481 e. The maximum atomic E-state index is 10.3. The van der Waals surface area contributed by atoms with Gasteiger partial charge in [-0.1, -0.05) is 11.6 Å². The van der Waals surface area contributed by atoms with Crippen molar-refractivity contribution in [3.8, 4) is 0 Å². The molecule has 1 atom stereocenters. The SMILES string of the molecule is CC(CC(=O)O)N=Nc1ccc(Cl)nn1. The van der Waals surface area contributed by atoms with Crippen molar-refractivity contribution in [2.75, 3.05) is 0 Å². The molecule has 7 heteroatoms. The van der Waals surface area contributed by atoms with Crippen LogP contribution in [0.2, 0.25) is 5.15 Å². The molecule has 1 heterocycles. The van der Waals surface area contributed by atoms with Crippen LogP contribution in [0.1, 0.15) is 13.3 Å². The van der Waals surface area contributed by atoms with Crippen molar-refractivity contribution in [1.82, 2.24) is 10.2 Å². The number of aromatic nitrogens is 2. The number of azo groups is 1. The fourth-order valence-electron chi connectivity index (χ4n) is 0.814. The van der Waals surface area contributed by atoms with Crippen LogP contribution in [-0.4, -0.2) is 27.3 Å². The molecule has 80 valence electrons. The fraction of sp³-hybridized carbons (Fsp3) is 0.375. The van der Waals surface area contributed by atoms with E-state index in [9.17, 15) is 4.79 Å². The number of carboxylic acid groups (broad SMARTS) is 1. The van der Waals surface area contributed by atoms with Gasteiger partial charge in [-0.05, 0) is 19.1 Å². The van der Waals surface area contributed by atoms with Crippen molar-refractivity contribution in [2.45, 2.75) is 19.4 Å². The number of hydrogen-bond donors (Lipinski definition) is 1. The first kappa shape index (κ1) is 11.5. The molecule has 0 aliphatic rings. The van der Waals surface area contributed by atoms with Gasteiger partial charge in [-0.25, -0.2) is 0 Å². The predicted molar refractivity (Wildman–Crippen MR) is 53.3 cm³/mol. The van der Waals surface area contributed by atoms with Crippen molar-refractivity contribution in [1.29, 1.82) is 0 Å². The molecular formula is C8H9ClN4O2. The first-order valence-corrected chi connectivity index (χ1v) is 4.57. The Morgan fingerprint density at radius 1 is 1.60 bits per heavy atom. The first-order valence-electron chi connectivity index (χ1n) is 4.20. The number of nitrogens with zero attached hydrogens (tertiary/aromatic N) is 4. The summed E-state index contributed by atoms with van der Waals surface area (Å²) in [5.74, 6) is -0.611. The van der Waals surface area contributed by atoms with Gasteiger partial charge in [-0.15, -0.1) is 15.3 Å². The molecule has 0 radical (unpaired) electrons. The summed E-state index contributed by atoms with van der Waals surface area (Å²) in [5, 5.41) is 23.4. The van der Waals surface area contributed by atoms with Crippen LogP contribution in [0.4, 0.5) is 5.82 Å². The van der Waals surface area contributed by atoms with Crippen LogP contribution in [0.25, 0.3) is 0 Å². The lowest BCUT2D eigenvalue weighted by molar-refractivity contribution is -0.137. The van der Waals surface area contributed by atoms with Crippen LogP contribution in [0.5, 0.6) is 0 Å². The van der Waals surface area contributed by atoms with Crippen LogP contribution in [0.3, 0.4) is 0 Å². The molecule has 15 heavy (non-hydrogen) atoms. The lowest BCUT2D eigenvalue weighted by Gasteiger charge is -1.98. The molecule has 1 rings (SSSR count). The van der Waals surface area contributed by atoms with Crippen LogP contribution >= 0.6 is 11.6 Å². The maximum absolute atomic E-state index is 10.3. The van der Waals surface area contributed by atoms with Gasteiger partial charge in [0, 0.05) is 0 Å². The van der Waals surface area contributed by atoms with Gasteiger partial charge in [0.2, 0.25) is 0 Å².